The number of carbonyl (C=O) groups is 1. The van der Waals surface area contributed by atoms with Crippen molar-refractivity contribution in [1.29, 1.82) is 5.26 Å². The molecule has 1 aromatic rings. The van der Waals surface area contributed by atoms with Gasteiger partial charge in [-0.15, -0.1) is 0 Å². The van der Waals surface area contributed by atoms with E-state index in [2.05, 4.69) is 13.0 Å². The molecular weight excluding hydrogens is 236 g/mol. The fourth-order valence-electron chi connectivity index (χ4n) is 2.58. The Morgan fingerprint density at radius 2 is 2.05 bits per heavy atom. The van der Waals surface area contributed by atoms with Crippen LogP contribution in [0.25, 0.3) is 0 Å². The highest BCUT2D eigenvalue weighted by atomic mass is 16.2. The number of nitriles is 1. The van der Waals surface area contributed by atoms with Gasteiger partial charge in [-0.2, -0.15) is 5.26 Å². The third-order valence-electron chi connectivity index (χ3n) is 3.84. The van der Waals surface area contributed by atoms with E-state index in [-0.39, 0.29) is 5.91 Å². The van der Waals surface area contributed by atoms with E-state index in [1.807, 2.05) is 35.2 Å². The van der Waals surface area contributed by atoms with Gasteiger partial charge < -0.3 is 4.90 Å². The van der Waals surface area contributed by atoms with Crippen LogP contribution in [0.4, 0.5) is 0 Å². The van der Waals surface area contributed by atoms with Crippen LogP contribution in [-0.4, -0.2) is 23.9 Å². The van der Waals surface area contributed by atoms with Gasteiger partial charge in [0, 0.05) is 13.1 Å². The summed E-state index contributed by atoms with van der Waals surface area (Å²) in [5.41, 5.74) is 0.798. The van der Waals surface area contributed by atoms with Gasteiger partial charge >= 0.3 is 0 Å². The highest BCUT2D eigenvalue weighted by Crippen LogP contribution is 2.22. The Morgan fingerprint density at radius 3 is 2.74 bits per heavy atom. The third kappa shape index (κ3) is 3.35. The third-order valence-corrected chi connectivity index (χ3v) is 3.84. The summed E-state index contributed by atoms with van der Waals surface area (Å²) in [5.74, 6) is -0.0209. The van der Waals surface area contributed by atoms with Crippen LogP contribution >= 0.6 is 0 Å². The Balaban J connectivity index is 2.11. The minimum absolute atomic E-state index is 0.0391. The number of rotatable bonds is 2. The van der Waals surface area contributed by atoms with Crippen LogP contribution in [0, 0.1) is 17.2 Å². The van der Waals surface area contributed by atoms with Crippen LogP contribution in [0.5, 0.6) is 0 Å². The predicted octanol–water partition coefficient (Wildman–Crippen LogP) is 2.94. The number of likely N-dealkylation sites (tertiary alicyclic amines) is 1. The molecule has 0 N–H and O–H groups in total. The van der Waals surface area contributed by atoms with Gasteiger partial charge in [0.05, 0.1) is 6.07 Å². The number of hydrogen-bond donors (Lipinski definition) is 0. The summed E-state index contributed by atoms with van der Waals surface area (Å²) in [4.78, 5) is 14.4. The van der Waals surface area contributed by atoms with Crippen molar-refractivity contribution in [3.8, 4) is 6.07 Å². The van der Waals surface area contributed by atoms with Gasteiger partial charge in [-0.1, -0.05) is 37.3 Å². The first-order valence-electron chi connectivity index (χ1n) is 6.95. The largest absolute Gasteiger partial charge is 0.341 e. The molecule has 0 aromatic heterocycles. The molecule has 1 aliphatic heterocycles. The van der Waals surface area contributed by atoms with E-state index >= 15 is 0 Å². The average molecular weight is 256 g/mol. The standard InChI is InChI=1S/C16H20N2O/c1-13-6-5-10-18(11-9-13)16(19)15(12-17)14-7-3-2-4-8-14/h2-4,7-8,13,15H,5-6,9-11H2,1H3. The monoisotopic (exact) mass is 256 g/mol. The van der Waals surface area contributed by atoms with Crippen molar-refractivity contribution in [2.24, 2.45) is 5.92 Å². The topological polar surface area (TPSA) is 44.1 Å². The van der Waals surface area contributed by atoms with E-state index in [0.29, 0.717) is 5.92 Å². The first-order chi connectivity index (χ1) is 9.22. The fourth-order valence-corrected chi connectivity index (χ4v) is 2.58. The smallest absolute Gasteiger partial charge is 0.244 e. The minimum Gasteiger partial charge on any atom is -0.341 e. The summed E-state index contributed by atoms with van der Waals surface area (Å²) in [6.45, 7) is 3.80. The molecule has 2 atom stereocenters. The van der Waals surface area contributed by atoms with Crippen molar-refractivity contribution in [3.05, 3.63) is 35.9 Å². The molecule has 1 aromatic carbocycles. The Hall–Kier alpha value is -1.82. The Kier molecular flexibility index (Phi) is 4.57. The predicted molar refractivity (Wildman–Crippen MR) is 74.4 cm³/mol. The molecule has 19 heavy (non-hydrogen) atoms. The highest BCUT2D eigenvalue weighted by Gasteiger charge is 2.26. The lowest BCUT2D eigenvalue weighted by Crippen LogP contribution is -2.35. The first kappa shape index (κ1) is 13.6. The zero-order chi connectivity index (χ0) is 13.7. The lowest BCUT2D eigenvalue weighted by molar-refractivity contribution is -0.131. The molecule has 0 spiro atoms. The summed E-state index contributed by atoms with van der Waals surface area (Å²) in [6, 6.07) is 11.5. The summed E-state index contributed by atoms with van der Waals surface area (Å²) in [5, 5.41) is 9.31. The molecule has 0 radical (unpaired) electrons. The zero-order valence-corrected chi connectivity index (χ0v) is 11.4. The maximum Gasteiger partial charge on any atom is 0.244 e. The van der Waals surface area contributed by atoms with Gasteiger partial charge in [0.25, 0.3) is 0 Å². The van der Waals surface area contributed by atoms with E-state index in [9.17, 15) is 10.1 Å². The molecule has 0 bridgehead atoms. The molecule has 2 rings (SSSR count). The molecule has 1 amide bonds. The minimum atomic E-state index is -0.658. The van der Waals surface area contributed by atoms with Crippen LogP contribution in [0.3, 0.4) is 0 Å². The Bertz CT molecular complexity index is 463. The van der Waals surface area contributed by atoms with Crippen molar-refractivity contribution in [3.63, 3.8) is 0 Å². The first-order valence-corrected chi connectivity index (χ1v) is 6.95. The second-order valence-electron chi connectivity index (χ2n) is 5.33. The second kappa shape index (κ2) is 6.38. The van der Waals surface area contributed by atoms with E-state index < -0.39 is 5.92 Å². The fraction of sp³-hybridized carbons (Fsp3) is 0.500. The van der Waals surface area contributed by atoms with Gasteiger partial charge in [0.2, 0.25) is 5.91 Å². The van der Waals surface area contributed by atoms with Gasteiger partial charge in [0.1, 0.15) is 5.92 Å². The van der Waals surface area contributed by atoms with Crippen molar-refractivity contribution < 1.29 is 4.79 Å². The number of hydrogen-bond acceptors (Lipinski definition) is 2. The van der Waals surface area contributed by atoms with Gasteiger partial charge in [-0.25, -0.2) is 0 Å². The Labute approximate surface area is 114 Å². The van der Waals surface area contributed by atoms with E-state index in [1.165, 1.54) is 6.42 Å². The SMILES string of the molecule is CC1CCCN(C(=O)C(C#N)c2ccccc2)CC1. The number of amides is 1. The zero-order valence-electron chi connectivity index (χ0n) is 11.4. The summed E-state index contributed by atoms with van der Waals surface area (Å²) in [7, 11) is 0. The lowest BCUT2D eigenvalue weighted by Gasteiger charge is -2.23. The molecule has 1 aliphatic rings. The van der Waals surface area contributed by atoms with E-state index in [1.54, 1.807) is 0 Å². The molecule has 100 valence electrons. The van der Waals surface area contributed by atoms with Crippen molar-refractivity contribution in [1.82, 2.24) is 4.90 Å². The molecule has 2 unspecified atom stereocenters. The Morgan fingerprint density at radius 1 is 1.32 bits per heavy atom. The molecule has 1 fully saturated rings. The molecule has 3 heteroatoms. The lowest BCUT2D eigenvalue weighted by atomic mass is 9.99. The van der Waals surface area contributed by atoms with Crippen molar-refractivity contribution >= 4 is 5.91 Å². The van der Waals surface area contributed by atoms with Gasteiger partial charge in [-0.05, 0) is 30.7 Å². The normalized spacial score (nSPS) is 21.3. The van der Waals surface area contributed by atoms with Crippen LogP contribution in [0.2, 0.25) is 0 Å². The van der Waals surface area contributed by atoms with Gasteiger partial charge in [0.15, 0.2) is 0 Å². The highest BCUT2D eigenvalue weighted by molar-refractivity contribution is 5.86. The van der Waals surface area contributed by atoms with E-state index in [0.717, 1.165) is 31.5 Å². The number of carbonyl (C=O) groups excluding carboxylic acids is 1. The second-order valence-corrected chi connectivity index (χ2v) is 5.33. The molecule has 1 heterocycles. The molecule has 3 nitrogen and oxygen atoms in total. The average Bonchev–Trinajstić information content (AvgIpc) is 2.65. The molecule has 0 aliphatic carbocycles. The van der Waals surface area contributed by atoms with Crippen LogP contribution < -0.4 is 0 Å². The van der Waals surface area contributed by atoms with Crippen LogP contribution in [-0.2, 0) is 4.79 Å². The van der Waals surface area contributed by atoms with Crippen LogP contribution in [0.1, 0.15) is 37.7 Å². The maximum absolute atomic E-state index is 12.5. The van der Waals surface area contributed by atoms with Crippen molar-refractivity contribution in [2.45, 2.75) is 32.1 Å². The van der Waals surface area contributed by atoms with E-state index in [4.69, 9.17) is 0 Å². The number of benzene rings is 1. The maximum atomic E-state index is 12.5. The summed E-state index contributed by atoms with van der Waals surface area (Å²) < 4.78 is 0. The van der Waals surface area contributed by atoms with Crippen molar-refractivity contribution in [2.75, 3.05) is 13.1 Å². The quantitative estimate of drug-likeness (QED) is 0.816. The summed E-state index contributed by atoms with van der Waals surface area (Å²) >= 11 is 0. The van der Waals surface area contributed by atoms with Crippen LogP contribution in [0.15, 0.2) is 30.3 Å². The number of nitrogens with zero attached hydrogens (tertiary/aromatic N) is 2. The molecular formula is C16H20N2O. The molecule has 0 saturated carbocycles. The van der Waals surface area contributed by atoms with Gasteiger partial charge in [-0.3, -0.25) is 4.79 Å². The summed E-state index contributed by atoms with van der Waals surface area (Å²) in [6.07, 6.45) is 3.25. The molecule has 1 saturated heterocycles.